The van der Waals surface area contributed by atoms with Gasteiger partial charge in [-0.25, -0.2) is 9.97 Å². The van der Waals surface area contributed by atoms with Gasteiger partial charge in [0.2, 0.25) is 0 Å². The van der Waals surface area contributed by atoms with Crippen molar-refractivity contribution in [1.82, 2.24) is 14.9 Å². The van der Waals surface area contributed by atoms with Crippen LogP contribution in [0, 0.1) is 0 Å². The molecule has 0 radical (unpaired) electrons. The van der Waals surface area contributed by atoms with Crippen molar-refractivity contribution in [2.45, 2.75) is 44.6 Å². The predicted molar refractivity (Wildman–Crippen MR) is 89.0 cm³/mol. The van der Waals surface area contributed by atoms with E-state index in [0.717, 1.165) is 24.7 Å². The van der Waals surface area contributed by atoms with Gasteiger partial charge < -0.3 is 10.2 Å². The Morgan fingerprint density at radius 3 is 2.38 bits per heavy atom. The fraction of sp³-hybridized carbons (Fsp3) is 0.750. The minimum Gasteiger partial charge on any atom is -0.365 e. The minimum absolute atomic E-state index is 0.258. The van der Waals surface area contributed by atoms with E-state index in [4.69, 9.17) is 0 Å². The van der Waals surface area contributed by atoms with Crippen LogP contribution < -0.4 is 10.2 Å². The van der Waals surface area contributed by atoms with Crippen LogP contribution in [0.4, 0.5) is 11.6 Å². The molecule has 1 saturated carbocycles. The molecular formula is C16H29N5. The van der Waals surface area contributed by atoms with Crippen molar-refractivity contribution in [2.24, 2.45) is 0 Å². The number of hydrogen-bond donors (Lipinski definition) is 1. The first kappa shape index (κ1) is 16.0. The average molecular weight is 291 g/mol. The van der Waals surface area contributed by atoms with E-state index in [9.17, 15) is 0 Å². The first-order chi connectivity index (χ1) is 10.1. The van der Waals surface area contributed by atoms with Crippen LogP contribution in [-0.2, 0) is 0 Å². The molecule has 2 rings (SSSR count). The third kappa shape index (κ3) is 3.64. The molecule has 5 heteroatoms. The van der Waals surface area contributed by atoms with E-state index in [2.05, 4.69) is 34.2 Å². The molecule has 0 spiro atoms. The smallest absolute Gasteiger partial charge is 0.171 e. The van der Waals surface area contributed by atoms with E-state index in [0.29, 0.717) is 0 Å². The van der Waals surface area contributed by atoms with Crippen LogP contribution in [0.5, 0.6) is 0 Å². The van der Waals surface area contributed by atoms with Crippen LogP contribution in [0.1, 0.15) is 39.0 Å². The second-order valence-corrected chi connectivity index (χ2v) is 6.28. The number of nitrogens with one attached hydrogen (secondary N) is 1. The monoisotopic (exact) mass is 291 g/mol. The maximum atomic E-state index is 4.47. The van der Waals surface area contributed by atoms with E-state index < -0.39 is 0 Å². The molecule has 0 unspecified atom stereocenters. The highest BCUT2D eigenvalue weighted by Gasteiger charge is 2.35. The summed E-state index contributed by atoms with van der Waals surface area (Å²) in [6, 6.07) is 0. The molecular weight excluding hydrogens is 262 g/mol. The molecule has 118 valence electrons. The molecule has 1 aromatic rings. The highest BCUT2D eigenvalue weighted by molar-refractivity contribution is 5.59. The lowest BCUT2D eigenvalue weighted by Crippen LogP contribution is -2.52. The van der Waals surface area contributed by atoms with Crippen molar-refractivity contribution in [3.63, 3.8) is 0 Å². The highest BCUT2D eigenvalue weighted by Crippen LogP contribution is 2.33. The Kier molecular flexibility index (Phi) is 5.39. The summed E-state index contributed by atoms with van der Waals surface area (Å²) in [4.78, 5) is 13.4. The molecule has 0 atom stereocenters. The molecule has 1 N–H and O–H groups in total. The molecule has 1 heterocycles. The van der Waals surface area contributed by atoms with Gasteiger partial charge in [0.05, 0.1) is 0 Å². The van der Waals surface area contributed by atoms with Crippen LogP contribution >= 0.6 is 0 Å². The van der Waals surface area contributed by atoms with Crippen LogP contribution in [0.25, 0.3) is 0 Å². The lowest BCUT2D eigenvalue weighted by atomic mass is 9.80. The Morgan fingerprint density at radius 1 is 1.10 bits per heavy atom. The lowest BCUT2D eigenvalue weighted by Gasteiger charge is -2.44. The molecule has 1 fully saturated rings. The van der Waals surface area contributed by atoms with E-state index >= 15 is 0 Å². The van der Waals surface area contributed by atoms with Crippen molar-refractivity contribution < 1.29 is 0 Å². The fourth-order valence-electron chi connectivity index (χ4n) is 3.27. The van der Waals surface area contributed by atoms with Crippen molar-refractivity contribution in [3.05, 3.63) is 12.4 Å². The summed E-state index contributed by atoms with van der Waals surface area (Å²) in [5.41, 5.74) is 0.258. The first-order valence-electron chi connectivity index (χ1n) is 8.02. The molecule has 1 aliphatic carbocycles. The fourth-order valence-corrected chi connectivity index (χ4v) is 3.27. The Labute approximate surface area is 128 Å². The lowest BCUT2D eigenvalue weighted by molar-refractivity contribution is 0.0922. The highest BCUT2D eigenvalue weighted by atomic mass is 15.2. The molecule has 0 bridgehead atoms. The first-order valence-corrected chi connectivity index (χ1v) is 8.02. The van der Waals surface area contributed by atoms with Gasteiger partial charge in [0.1, 0.15) is 0 Å². The third-order valence-corrected chi connectivity index (χ3v) is 4.76. The summed E-state index contributed by atoms with van der Waals surface area (Å²) in [5, 5.41) is 3.56. The van der Waals surface area contributed by atoms with Crippen LogP contribution in [0.3, 0.4) is 0 Å². The van der Waals surface area contributed by atoms with E-state index in [1.54, 1.807) is 12.4 Å². The third-order valence-electron chi connectivity index (χ3n) is 4.76. The Balaban J connectivity index is 2.12. The van der Waals surface area contributed by atoms with Gasteiger partial charge in [0, 0.05) is 38.6 Å². The van der Waals surface area contributed by atoms with E-state index in [-0.39, 0.29) is 5.54 Å². The van der Waals surface area contributed by atoms with Crippen LogP contribution in [0.15, 0.2) is 12.4 Å². The maximum absolute atomic E-state index is 4.47. The molecule has 1 aliphatic rings. The van der Waals surface area contributed by atoms with Gasteiger partial charge in [0.25, 0.3) is 0 Å². The number of nitrogens with zero attached hydrogens (tertiary/aromatic N) is 4. The van der Waals surface area contributed by atoms with Gasteiger partial charge >= 0.3 is 0 Å². The molecule has 21 heavy (non-hydrogen) atoms. The SMILES string of the molecule is CCN(C)C1(CNc2nccnc2N(C)C)CCCCC1. The van der Waals surface area contributed by atoms with Crippen molar-refractivity contribution in [2.75, 3.05) is 44.4 Å². The topological polar surface area (TPSA) is 44.3 Å². The number of likely N-dealkylation sites (N-methyl/N-ethyl adjacent to an activating group) is 1. The maximum Gasteiger partial charge on any atom is 0.171 e. The Hall–Kier alpha value is -1.36. The summed E-state index contributed by atoms with van der Waals surface area (Å²) in [7, 11) is 6.25. The zero-order valence-corrected chi connectivity index (χ0v) is 13.9. The van der Waals surface area contributed by atoms with Crippen molar-refractivity contribution in [1.29, 1.82) is 0 Å². The minimum atomic E-state index is 0.258. The second-order valence-electron chi connectivity index (χ2n) is 6.28. The molecule has 5 nitrogen and oxygen atoms in total. The van der Waals surface area contributed by atoms with Gasteiger partial charge in [-0.2, -0.15) is 0 Å². The predicted octanol–water partition coefficient (Wildman–Crippen LogP) is 2.61. The van der Waals surface area contributed by atoms with E-state index in [1.165, 1.54) is 32.1 Å². The van der Waals surface area contributed by atoms with Gasteiger partial charge in [-0.15, -0.1) is 0 Å². The van der Waals surface area contributed by atoms with Crippen LogP contribution in [-0.4, -0.2) is 54.6 Å². The zero-order chi connectivity index (χ0) is 15.3. The van der Waals surface area contributed by atoms with Crippen molar-refractivity contribution in [3.8, 4) is 0 Å². The summed E-state index contributed by atoms with van der Waals surface area (Å²) < 4.78 is 0. The number of hydrogen-bond acceptors (Lipinski definition) is 5. The summed E-state index contributed by atoms with van der Waals surface area (Å²) >= 11 is 0. The number of rotatable bonds is 6. The van der Waals surface area contributed by atoms with Gasteiger partial charge in [0.15, 0.2) is 11.6 Å². The van der Waals surface area contributed by atoms with Crippen molar-refractivity contribution >= 4 is 11.6 Å². The molecule has 0 aromatic carbocycles. The Morgan fingerprint density at radius 2 is 1.76 bits per heavy atom. The summed E-state index contributed by atoms with van der Waals surface area (Å²) in [6.07, 6.45) is 10.1. The number of anilines is 2. The van der Waals surface area contributed by atoms with Gasteiger partial charge in [-0.05, 0) is 26.4 Å². The summed E-state index contributed by atoms with van der Waals surface area (Å²) in [5.74, 6) is 1.79. The second kappa shape index (κ2) is 7.07. The standard InChI is InChI=1S/C16H29N5/c1-5-21(4)16(9-7-6-8-10-16)13-19-14-15(20(2)3)18-12-11-17-14/h11-12H,5-10,13H2,1-4H3,(H,17,19). The quantitative estimate of drug-likeness (QED) is 0.873. The molecule has 1 aromatic heterocycles. The van der Waals surface area contributed by atoms with E-state index in [1.807, 2.05) is 19.0 Å². The summed E-state index contributed by atoms with van der Waals surface area (Å²) in [6.45, 7) is 4.27. The number of aromatic nitrogens is 2. The average Bonchev–Trinajstić information content (AvgIpc) is 2.53. The largest absolute Gasteiger partial charge is 0.365 e. The Bertz CT molecular complexity index is 440. The van der Waals surface area contributed by atoms with Gasteiger partial charge in [-0.3, -0.25) is 4.90 Å². The zero-order valence-electron chi connectivity index (χ0n) is 13.9. The normalized spacial score (nSPS) is 17.8. The molecule has 0 saturated heterocycles. The van der Waals surface area contributed by atoms with Crippen LogP contribution in [0.2, 0.25) is 0 Å². The molecule has 0 aliphatic heterocycles. The van der Waals surface area contributed by atoms with Gasteiger partial charge in [-0.1, -0.05) is 26.2 Å². The molecule has 0 amide bonds.